The third-order valence-corrected chi connectivity index (χ3v) is 4.20. The minimum atomic E-state index is -0.0831. The predicted molar refractivity (Wildman–Crippen MR) is 99.1 cm³/mol. The summed E-state index contributed by atoms with van der Waals surface area (Å²) in [7, 11) is 1.61. The van der Waals surface area contributed by atoms with Crippen molar-refractivity contribution in [3.63, 3.8) is 0 Å². The molecular formula is C18H20INO3. The summed E-state index contributed by atoms with van der Waals surface area (Å²) in [4.78, 5) is 12.2. The van der Waals surface area contributed by atoms with Gasteiger partial charge in [0.05, 0.1) is 19.3 Å². The van der Waals surface area contributed by atoms with Gasteiger partial charge in [-0.15, -0.1) is 0 Å². The van der Waals surface area contributed by atoms with Crippen LogP contribution in [0.2, 0.25) is 0 Å². The van der Waals surface area contributed by atoms with Crippen molar-refractivity contribution in [1.82, 2.24) is 5.32 Å². The van der Waals surface area contributed by atoms with Crippen LogP contribution in [0.5, 0.6) is 11.5 Å². The Balaban J connectivity index is 2.03. The summed E-state index contributed by atoms with van der Waals surface area (Å²) in [5.74, 6) is 1.32. The van der Waals surface area contributed by atoms with Gasteiger partial charge in [0.1, 0.15) is 0 Å². The second-order valence-electron chi connectivity index (χ2n) is 5.00. The van der Waals surface area contributed by atoms with E-state index in [-0.39, 0.29) is 5.91 Å². The Labute approximate surface area is 150 Å². The zero-order chi connectivity index (χ0) is 16.7. The molecule has 0 fully saturated rings. The number of methoxy groups -OCH3 is 1. The van der Waals surface area contributed by atoms with Crippen LogP contribution in [-0.4, -0.2) is 19.6 Å². The highest BCUT2D eigenvalue weighted by atomic mass is 127. The molecule has 0 aliphatic rings. The van der Waals surface area contributed by atoms with E-state index in [0.29, 0.717) is 24.5 Å². The lowest BCUT2D eigenvalue weighted by molar-refractivity contribution is 0.0950. The first-order chi connectivity index (χ1) is 11.2. The number of ether oxygens (including phenoxy) is 2. The van der Waals surface area contributed by atoms with E-state index in [9.17, 15) is 4.79 Å². The van der Waals surface area contributed by atoms with E-state index in [1.807, 2.05) is 42.5 Å². The maximum Gasteiger partial charge on any atom is 0.252 e. The molecule has 5 heteroatoms. The lowest BCUT2D eigenvalue weighted by atomic mass is 10.1. The van der Waals surface area contributed by atoms with E-state index in [2.05, 4.69) is 34.8 Å². The first-order valence-electron chi connectivity index (χ1n) is 7.48. The highest BCUT2D eigenvalue weighted by Gasteiger charge is 2.10. The van der Waals surface area contributed by atoms with Crippen LogP contribution in [0.4, 0.5) is 0 Å². The maximum absolute atomic E-state index is 12.2. The zero-order valence-corrected chi connectivity index (χ0v) is 15.4. The van der Waals surface area contributed by atoms with Crippen LogP contribution >= 0.6 is 22.6 Å². The van der Waals surface area contributed by atoms with Crippen LogP contribution < -0.4 is 14.8 Å². The van der Waals surface area contributed by atoms with Crippen molar-refractivity contribution in [2.24, 2.45) is 0 Å². The number of benzene rings is 2. The molecule has 0 radical (unpaired) electrons. The summed E-state index contributed by atoms with van der Waals surface area (Å²) >= 11 is 2.16. The summed E-state index contributed by atoms with van der Waals surface area (Å²) in [6, 6.07) is 13.2. The molecule has 0 bridgehead atoms. The van der Waals surface area contributed by atoms with Gasteiger partial charge in [-0.05, 0) is 58.8 Å². The van der Waals surface area contributed by atoms with Gasteiger partial charge in [0, 0.05) is 10.1 Å². The molecule has 1 amide bonds. The number of rotatable bonds is 7. The van der Waals surface area contributed by atoms with Gasteiger partial charge in [0.15, 0.2) is 11.5 Å². The highest BCUT2D eigenvalue weighted by molar-refractivity contribution is 14.1. The van der Waals surface area contributed by atoms with Gasteiger partial charge in [-0.3, -0.25) is 4.79 Å². The molecule has 0 unspecified atom stereocenters. The second-order valence-corrected chi connectivity index (χ2v) is 6.16. The lowest BCUT2D eigenvalue weighted by Gasteiger charge is -2.12. The standard InChI is InChI=1S/C18H20INO3/c1-3-10-23-16-9-8-13(11-17(16)22-2)12-20-18(21)14-6-4-5-7-15(14)19/h4-9,11H,3,10,12H2,1-2H3,(H,20,21). The molecule has 0 heterocycles. The molecule has 0 saturated heterocycles. The Hall–Kier alpha value is -1.76. The molecule has 23 heavy (non-hydrogen) atoms. The van der Waals surface area contributed by atoms with Crippen molar-refractivity contribution in [2.75, 3.05) is 13.7 Å². The molecule has 0 atom stereocenters. The molecule has 0 spiro atoms. The van der Waals surface area contributed by atoms with Gasteiger partial charge in [-0.1, -0.05) is 25.1 Å². The number of carbonyl (C=O) groups excluding carboxylic acids is 1. The Morgan fingerprint density at radius 3 is 2.65 bits per heavy atom. The van der Waals surface area contributed by atoms with Crippen LogP contribution in [0.1, 0.15) is 29.3 Å². The fourth-order valence-corrected chi connectivity index (χ4v) is 2.71. The number of halogens is 1. The monoisotopic (exact) mass is 425 g/mol. The molecule has 0 saturated carbocycles. The minimum absolute atomic E-state index is 0.0831. The van der Waals surface area contributed by atoms with Gasteiger partial charge < -0.3 is 14.8 Å². The average Bonchev–Trinajstić information content (AvgIpc) is 2.58. The Kier molecular flexibility index (Phi) is 6.70. The summed E-state index contributed by atoms with van der Waals surface area (Å²) in [6.07, 6.45) is 0.941. The second kappa shape index (κ2) is 8.76. The number of amides is 1. The molecule has 122 valence electrons. The molecule has 4 nitrogen and oxygen atoms in total. The summed E-state index contributed by atoms with van der Waals surface area (Å²) < 4.78 is 11.9. The van der Waals surface area contributed by atoms with E-state index >= 15 is 0 Å². The molecule has 0 aliphatic heterocycles. The summed E-state index contributed by atoms with van der Waals surface area (Å²) in [6.45, 7) is 3.15. The van der Waals surface area contributed by atoms with E-state index < -0.39 is 0 Å². The molecular weight excluding hydrogens is 405 g/mol. The summed E-state index contributed by atoms with van der Waals surface area (Å²) in [5, 5.41) is 2.93. The Morgan fingerprint density at radius 2 is 1.96 bits per heavy atom. The van der Waals surface area contributed by atoms with Gasteiger partial charge in [-0.25, -0.2) is 0 Å². The van der Waals surface area contributed by atoms with Gasteiger partial charge in [-0.2, -0.15) is 0 Å². The quantitative estimate of drug-likeness (QED) is 0.682. The summed E-state index contributed by atoms with van der Waals surface area (Å²) in [5.41, 5.74) is 1.65. The fraction of sp³-hybridized carbons (Fsp3) is 0.278. The lowest BCUT2D eigenvalue weighted by Crippen LogP contribution is -2.23. The largest absolute Gasteiger partial charge is 0.493 e. The molecule has 1 N–H and O–H groups in total. The third kappa shape index (κ3) is 4.86. The third-order valence-electron chi connectivity index (χ3n) is 3.26. The first-order valence-corrected chi connectivity index (χ1v) is 8.56. The van der Waals surface area contributed by atoms with Gasteiger partial charge in [0.25, 0.3) is 5.91 Å². The van der Waals surface area contributed by atoms with Crippen LogP contribution in [0.3, 0.4) is 0 Å². The van der Waals surface area contributed by atoms with Crippen molar-refractivity contribution in [1.29, 1.82) is 0 Å². The molecule has 0 aliphatic carbocycles. The number of hydrogen-bond acceptors (Lipinski definition) is 3. The highest BCUT2D eigenvalue weighted by Crippen LogP contribution is 2.28. The molecule has 0 aromatic heterocycles. The normalized spacial score (nSPS) is 10.2. The van der Waals surface area contributed by atoms with E-state index in [1.165, 1.54) is 0 Å². The topological polar surface area (TPSA) is 47.6 Å². The molecule has 2 aromatic rings. The van der Waals surface area contributed by atoms with Crippen molar-refractivity contribution in [2.45, 2.75) is 19.9 Å². The minimum Gasteiger partial charge on any atom is -0.493 e. The fourth-order valence-electron chi connectivity index (χ4n) is 2.08. The smallest absolute Gasteiger partial charge is 0.252 e. The number of hydrogen-bond donors (Lipinski definition) is 1. The van der Waals surface area contributed by atoms with Gasteiger partial charge in [0.2, 0.25) is 0 Å². The predicted octanol–water partition coefficient (Wildman–Crippen LogP) is 4.02. The van der Waals surface area contributed by atoms with E-state index in [4.69, 9.17) is 9.47 Å². The van der Waals surface area contributed by atoms with Crippen LogP contribution in [0.25, 0.3) is 0 Å². The van der Waals surface area contributed by atoms with Crippen molar-refractivity contribution >= 4 is 28.5 Å². The van der Waals surface area contributed by atoms with Crippen LogP contribution in [0, 0.1) is 3.57 Å². The molecule has 2 rings (SSSR count). The van der Waals surface area contributed by atoms with Gasteiger partial charge >= 0.3 is 0 Å². The average molecular weight is 425 g/mol. The Bertz CT molecular complexity index is 673. The maximum atomic E-state index is 12.2. The SMILES string of the molecule is CCCOc1ccc(CNC(=O)c2ccccc2I)cc1OC. The van der Waals surface area contributed by atoms with Crippen LogP contribution in [0.15, 0.2) is 42.5 Å². The van der Waals surface area contributed by atoms with Crippen molar-refractivity contribution in [3.05, 3.63) is 57.2 Å². The Morgan fingerprint density at radius 1 is 1.17 bits per heavy atom. The van der Waals surface area contributed by atoms with Crippen LogP contribution in [-0.2, 0) is 6.54 Å². The first kappa shape index (κ1) is 17.6. The van der Waals surface area contributed by atoms with E-state index in [0.717, 1.165) is 21.3 Å². The van der Waals surface area contributed by atoms with Crippen molar-refractivity contribution in [3.8, 4) is 11.5 Å². The van der Waals surface area contributed by atoms with Crippen molar-refractivity contribution < 1.29 is 14.3 Å². The number of carbonyl (C=O) groups is 1. The number of nitrogens with one attached hydrogen (secondary N) is 1. The van der Waals surface area contributed by atoms with E-state index in [1.54, 1.807) is 7.11 Å². The zero-order valence-electron chi connectivity index (χ0n) is 13.3. The molecule has 2 aromatic carbocycles.